The molecule has 1 rings (SSSR count). The van der Waals surface area contributed by atoms with Gasteiger partial charge in [-0.05, 0) is 25.5 Å². The molecule has 0 radical (unpaired) electrons. The molecule has 0 aromatic rings. The van der Waals surface area contributed by atoms with E-state index in [1.165, 1.54) is 0 Å². The molecule has 4 nitrogen and oxygen atoms in total. The number of nitrogens with zero attached hydrogens (tertiary/aromatic N) is 1. The molecule has 0 aromatic heterocycles. The maximum atomic E-state index is 12.4. The highest BCUT2D eigenvalue weighted by molar-refractivity contribution is 7.98. The molecule has 2 unspecified atom stereocenters. The van der Waals surface area contributed by atoms with Crippen LogP contribution in [0.2, 0.25) is 0 Å². The number of hydrogen-bond acceptors (Lipinski definition) is 3. The van der Waals surface area contributed by atoms with Crippen LogP contribution in [0.25, 0.3) is 0 Å². The smallest absolute Gasteiger partial charge is 0.245 e. The lowest BCUT2D eigenvalue weighted by atomic mass is 10.0. The second-order valence-electron chi connectivity index (χ2n) is 5.33. The van der Waals surface area contributed by atoms with Crippen LogP contribution in [0, 0.1) is 5.92 Å². The molecule has 2 amide bonds. The Morgan fingerprint density at radius 3 is 2.67 bits per heavy atom. The van der Waals surface area contributed by atoms with Crippen molar-refractivity contribution in [1.29, 1.82) is 0 Å². The summed E-state index contributed by atoms with van der Waals surface area (Å²) in [6, 6.07) is -0.342. The van der Waals surface area contributed by atoms with Crippen molar-refractivity contribution in [2.75, 3.05) is 18.6 Å². The third kappa shape index (κ3) is 4.19. The van der Waals surface area contributed by atoms with Crippen LogP contribution in [-0.2, 0) is 9.59 Å². The molecule has 1 N–H and O–H groups in total. The molecule has 1 aliphatic rings. The minimum absolute atomic E-state index is 0.00168. The third-order valence-corrected chi connectivity index (χ3v) is 3.76. The quantitative estimate of drug-likeness (QED) is 0.825. The van der Waals surface area contributed by atoms with Gasteiger partial charge in [0, 0.05) is 24.8 Å². The van der Waals surface area contributed by atoms with Gasteiger partial charge < -0.3 is 10.2 Å². The molecule has 1 saturated heterocycles. The van der Waals surface area contributed by atoms with E-state index in [4.69, 9.17) is 0 Å². The van der Waals surface area contributed by atoms with E-state index in [0.29, 0.717) is 18.8 Å². The molecule has 1 aliphatic heterocycles. The van der Waals surface area contributed by atoms with E-state index < -0.39 is 0 Å². The van der Waals surface area contributed by atoms with Gasteiger partial charge in [0.1, 0.15) is 6.04 Å². The van der Waals surface area contributed by atoms with Gasteiger partial charge in [-0.3, -0.25) is 9.59 Å². The zero-order valence-electron chi connectivity index (χ0n) is 11.7. The number of carbonyl (C=O) groups excluding carboxylic acids is 2. The van der Waals surface area contributed by atoms with Gasteiger partial charge in [-0.1, -0.05) is 13.8 Å². The van der Waals surface area contributed by atoms with Crippen LogP contribution in [-0.4, -0.2) is 47.4 Å². The number of thioether (sulfide) groups is 1. The Bertz CT molecular complexity index is 307. The summed E-state index contributed by atoms with van der Waals surface area (Å²) in [5, 5.41) is 2.86. The molecule has 5 heteroatoms. The summed E-state index contributed by atoms with van der Waals surface area (Å²) in [5.74, 6) is 1.39. The van der Waals surface area contributed by atoms with Gasteiger partial charge in [-0.2, -0.15) is 11.8 Å². The topological polar surface area (TPSA) is 49.4 Å². The highest BCUT2D eigenvalue weighted by Crippen LogP contribution is 2.16. The van der Waals surface area contributed by atoms with Gasteiger partial charge in [0.05, 0.1) is 0 Å². The predicted molar refractivity (Wildman–Crippen MR) is 75.6 cm³/mol. The molecule has 104 valence electrons. The summed E-state index contributed by atoms with van der Waals surface area (Å²) >= 11 is 1.72. The lowest BCUT2D eigenvalue weighted by molar-refractivity contribution is -0.135. The van der Waals surface area contributed by atoms with E-state index in [-0.39, 0.29) is 23.9 Å². The Labute approximate surface area is 114 Å². The molecule has 1 fully saturated rings. The molecule has 0 aliphatic carbocycles. The fourth-order valence-corrected chi connectivity index (χ4v) is 2.64. The van der Waals surface area contributed by atoms with Crippen molar-refractivity contribution in [3.8, 4) is 0 Å². The molecule has 0 saturated carbocycles. The van der Waals surface area contributed by atoms with Gasteiger partial charge in [0.2, 0.25) is 11.8 Å². The van der Waals surface area contributed by atoms with Gasteiger partial charge in [0.25, 0.3) is 0 Å². The minimum atomic E-state index is -0.343. The summed E-state index contributed by atoms with van der Waals surface area (Å²) in [6.45, 7) is 6.82. The van der Waals surface area contributed by atoms with Crippen LogP contribution in [0.4, 0.5) is 0 Å². The van der Waals surface area contributed by atoms with E-state index in [2.05, 4.69) is 19.2 Å². The Kier molecular flexibility index (Phi) is 5.99. The van der Waals surface area contributed by atoms with Crippen molar-refractivity contribution in [3.05, 3.63) is 0 Å². The first-order valence-corrected chi connectivity index (χ1v) is 7.93. The molecular weight excluding hydrogens is 248 g/mol. The summed E-state index contributed by atoms with van der Waals surface area (Å²) in [5.41, 5.74) is 0. The van der Waals surface area contributed by atoms with Crippen molar-refractivity contribution in [2.24, 2.45) is 5.92 Å². The molecular formula is C13H24N2O2S. The highest BCUT2D eigenvalue weighted by Gasteiger charge is 2.33. The molecule has 0 spiro atoms. The summed E-state index contributed by atoms with van der Waals surface area (Å²) in [6.07, 6.45) is 3.16. The first kappa shape index (κ1) is 15.3. The van der Waals surface area contributed by atoms with E-state index in [0.717, 1.165) is 12.3 Å². The lowest BCUT2D eigenvalue weighted by Gasteiger charge is -2.29. The molecule has 0 bridgehead atoms. The fourth-order valence-electron chi connectivity index (χ4n) is 2.26. The SMILES string of the molecule is CSCCN1C(=O)C(CC(C)C)NC(=O)CC1C. The van der Waals surface area contributed by atoms with Crippen molar-refractivity contribution in [2.45, 2.75) is 45.7 Å². The van der Waals surface area contributed by atoms with Crippen molar-refractivity contribution < 1.29 is 9.59 Å². The predicted octanol–water partition coefficient (Wildman–Crippen LogP) is 1.50. The summed E-state index contributed by atoms with van der Waals surface area (Å²) in [7, 11) is 0. The van der Waals surface area contributed by atoms with Gasteiger partial charge >= 0.3 is 0 Å². The second kappa shape index (κ2) is 7.02. The second-order valence-corrected chi connectivity index (χ2v) is 6.31. The Hall–Kier alpha value is -0.710. The maximum Gasteiger partial charge on any atom is 0.245 e. The van der Waals surface area contributed by atoms with Gasteiger partial charge in [0.15, 0.2) is 0 Å². The maximum absolute atomic E-state index is 12.4. The van der Waals surface area contributed by atoms with E-state index in [9.17, 15) is 9.59 Å². The minimum Gasteiger partial charge on any atom is -0.344 e. The first-order chi connectivity index (χ1) is 8.45. The van der Waals surface area contributed by atoms with Crippen LogP contribution in [0.1, 0.15) is 33.6 Å². The van der Waals surface area contributed by atoms with Crippen molar-refractivity contribution >= 4 is 23.6 Å². The number of hydrogen-bond donors (Lipinski definition) is 1. The molecule has 2 atom stereocenters. The van der Waals surface area contributed by atoms with Crippen LogP contribution >= 0.6 is 11.8 Å². The zero-order valence-corrected chi connectivity index (χ0v) is 12.5. The van der Waals surface area contributed by atoms with Crippen molar-refractivity contribution in [3.63, 3.8) is 0 Å². The molecule has 18 heavy (non-hydrogen) atoms. The average Bonchev–Trinajstić information content (AvgIpc) is 2.35. The van der Waals surface area contributed by atoms with Crippen LogP contribution < -0.4 is 5.32 Å². The Morgan fingerprint density at radius 2 is 2.11 bits per heavy atom. The zero-order chi connectivity index (χ0) is 13.7. The van der Waals surface area contributed by atoms with Crippen LogP contribution in [0.15, 0.2) is 0 Å². The summed E-state index contributed by atoms with van der Waals surface area (Å²) in [4.78, 5) is 26.1. The largest absolute Gasteiger partial charge is 0.344 e. The number of amides is 2. The number of rotatable bonds is 5. The van der Waals surface area contributed by atoms with Crippen LogP contribution in [0.5, 0.6) is 0 Å². The van der Waals surface area contributed by atoms with Crippen molar-refractivity contribution in [1.82, 2.24) is 10.2 Å². The Morgan fingerprint density at radius 1 is 1.44 bits per heavy atom. The van der Waals surface area contributed by atoms with E-state index in [1.54, 1.807) is 11.8 Å². The van der Waals surface area contributed by atoms with Gasteiger partial charge in [-0.15, -0.1) is 0 Å². The van der Waals surface area contributed by atoms with Crippen LogP contribution in [0.3, 0.4) is 0 Å². The lowest BCUT2D eigenvalue weighted by Crippen LogP contribution is -2.47. The standard InChI is InChI=1S/C13H24N2O2S/c1-9(2)7-11-13(17)15(5-6-18-4)10(3)8-12(16)14-11/h9-11H,5-8H2,1-4H3,(H,14,16). The Balaban J connectivity index is 2.80. The number of carbonyl (C=O) groups is 2. The van der Waals surface area contributed by atoms with E-state index in [1.807, 2.05) is 18.1 Å². The van der Waals surface area contributed by atoms with E-state index >= 15 is 0 Å². The van der Waals surface area contributed by atoms with Gasteiger partial charge in [-0.25, -0.2) is 0 Å². The molecule has 0 aromatic carbocycles. The third-order valence-electron chi connectivity index (χ3n) is 3.17. The monoisotopic (exact) mass is 272 g/mol. The average molecular weight is 272 g/mol. The normalized spacial score (nSPS) is 25.3. The highest BCUT2D eigenvalue weighted by atomic mass is 32.2. The first-order valence-electron chi connectivity index (χ1n) is 6.54. The number of nitrogens with one attached hydrogen (secondary N) is 1. The fraction of sp³-hybridized carbons (Fsp3) is 0.846. The summed E-state index contributed by atoms with van der Waals surface area (Å²) < 4.78 is 0. The molecule has 1 heterocycles.